The molecular weight excluding hydrogens is 340 g/mol. The highest BCUT2D eigenvalue weighted by Gasteiger charge is 2.17. The first kappa shape index (κ1) is 18.9. The smallest absolute Gasteiger partial charge is 0.333 e. The van der Waals surface area contributed by atoms with Crippen LogP contribution in [-0.4, -0.2) is 30.4 Å². The number of benzene rings is 3. The maximum absolute atomic E-state index is 11.7. The average Bonchev–Trinajstić information content (AvgIpc) is 2.69. The molecule has 3 aromatic carbocycles. The number of hydrogen-bond acceptors (Lipinski definition) is 4. The van der Waals surface area contributed by atoms with Crippen LogP contribution in [0.1, 0.15) is 19.4 Å². The zero-order valence-electron chi connectivity index (χ0n) is 15.7. The first-order chi connectivity index (χ1) is 13.0. The van der Waals surface area contributed by atoms with Crippen LogP contribution in [0.2, 0.25) is 0 Å². The molecule has 0 aliphatic rings. The minimum absolute atomic E-state index is 0.0645. The summed E-state index contributed by atoms with van der Waals surface area (Å²) in [7, 11) is 0. The van der Waals surface area contributed by atoms with Crippen LogP contribution in [0.25, 0.3) is 21.5 Å². The van der Waals surface area contributed by atoms with Crippen molar-refractivity contribution in [1.82, 2.24) is 0 Å². The highest BCUT2D eigenvalue weighted by molar-refractivity contribution is 6.05. The van der Waals surface area contributed by atoms with Crippen molar-refractivity contribution in [3.05, 3.63) is 66.2 Å². The molecule has 140 valence electrons. The zero-order valence-corrected chi connectivity index (χ0v) is 15.7. The molecule has 0 aromatic heterocycles. The number of ether oxygens (including phenoxy) is 2. The maximum atomic E-state index is 11.7. The monoisotopic (exact) mass is 364 g/mol. The van der Waals surface area contributed by atoms with Gasteiger partial charge in [-0.25, -0.2) is 4.79 Å². The van der Waals surface area contributed by atoms with Crippen molar-refractivity contribution in [1.29, 1.82) is 0 Å². The van der Waals surface area contributed by atoms with Gasteiger partial charge in [-0.3, -0.25) is 0 Å². The average molecular weight is 364 g/mol. The molecule has 0 spiro atoms. The van der Waals surface area contributed by atoms with Gasteiger partial charge in [0.2, 0.25) is 0 Å². The Morgan fingerprint density at radius 2 is 1.85 bits per heavy atom. The number of fused-ring (bicyclic) bond motifs is 2. The number of rotatable bonds is 7. The molecule has 0 aliphatic carbocycles. The van der Waals surface area contributed by atoms with Gasteiger partial charge < -0.3 is 14.6 Å². The van der Waals surface area contributed by atoms with Crippen LogP contribution in [0, 0.1) is 0 Å². The predicted octanol–water partition coefficient (Wildman–Crippen LogP) is 4.41. The minimum atomic E-state index is -0.752. The molecule has 0 fully saturated rings. The predicted molar refractivity (Wildman–Crippen MR) is 108 cm³/mol. The molecule has 0 amide bonds. The van der Waals surface area contributed by atoms with E-state index in [1.165, 1.54) is 5.56 Å². The minimum Gasteiger partial charge on any atom is -0.488 e. The van der Waals surface area contributed by atoms with E-state index in [0.717, 1.165) is 33.7 Å². The number of aliphatic hydroxyl groups excluding tert-OH is 1. The van der Waals surface area contributed by atoms with Crippen molar-refractivity contribution >= 4 is 27.5 Å². The molecule has 27 heavy (non-hydrogen) atoms. The Kier molecular flexibility index (Phi) is 5.77. The molecule has 3 rings (SSSR count). The number of aliphatic hydroxyl groups is 1. The quantitative estimate of drug-likeness (QED) is 0.383. The van der Waals surface area contributed by atoms with Crippen LogP contribution in [0.5, 0.6) is 5.75 Å². The molecule has 0 radical (unpaired) electrons. The number of hydrogen-bond donors (Lipinski definition) is 1. The lowest BCUT2D eigenvalue weighted by Gasteiger charge is -2.19. The van der Waals surface area contributed by atoms with E-state index in [0.29, 0.717) is 0 Å². The van der Waals surface area contributed by atoms with Crippen molar-refractivity contribution in [2.45, 2.75) is 26.4 Å². The zero-order chi connectivity index (χ0) is 19.4. The van der Waals surface area contributed by atoms with Crippen molar-refractivity contribution < 1.29 is 19.4 Å². The van der Waals surface area contributed by atoms with Gasteiger partial charge in [-0.05, 0) is 41.8 Å². The van der Waals surface area contributed by atoms with Gasteiger partial charge in [-0.1, -0.05) is 49.9 Å². The highest BCUT2D eigenvalue weighted by Crippen LogP contribution is 2.35. The Morgan fingerprint density at radius 1 is 1.11 bits per heavy atom. The molecule has 1 N–H and O–H groups in total. The first-order valence-corrected chi connectivity index (χ1v) is 9.08. The molecular formula is C23H24O4. The second kappa shape index (κ2) is 8.23. The lowest BCUT2D eigenvalue weighted by atomic mass is 9.99. The van der Waals surface area contributed by atoms with Gasteiger partial charge >= 0.3 is 5.97 Å². The van der Waals surface area contributed by atoms with Crippen LogP contribution >= 0.6 is 0 Å². The molecule has 1 unspecified atom stereocenters. The van der Waals surface area contributed by atoms with Crippen LogP contribution in [-0.2, 0) is 16.0 Å². The topological polar surface area (TPSA) is 55.8 Å². The van der Waals surface area contributed by atoms with E-state index in [4.69, 9.17) is 9.47 Å². The molecule has 1 atom stereocenters. The summed E-state index contributed by atoms with van der Waals surface area (Å²) in [5, 5.41) is 13.7. The lowest BCUT2D eigenvalue weighted by Crippen LogP contribution is -2.28. The molecule has 0 aliphatic heterocycles. The summed E-state index contributed by atoms with van der Waals surface area (Å²) in [6, 6.07) is 16.5. The number of esters is 1. The van der Waals surface area contributed by atoms with E-state index >= 15 is 0 Å². The molecule has 0 heterocycles. The summed E-state index contributed by atoms with van der Waals surface area (Å²) in [4.78, 5) is 11.7. The van der Waals surface area contributed by atoms with Crippen molar-refractivity contribution in [2.75, 3.05) is 13.2 Å². The SMILES string of the molecule is C=C(C)C(=O)OC(CO)COc1c2ccccc2cc2ccc(CC)cc12. The lowest BCUT2D eigenvalue weighted by molar-refractivity contribution is -0.147. The van der Waals surface area contributed by atoms with Gasteiger partial charge in [0, 0.05) is 16.3 Å². The van der Waals surface area contributed by atoms with Gasteiger partial charge in [0.25, 0.3) is 0 Å². The second-order valence-electron chi connectivity index (χ2n) is 6.64. The fraction of sp³-hybridized carbons (Fsp3) is 0.261. The van der Waals surface area contributed by atoms with E-state index in [1.54, 1.807) is 6.92 Å². The Labute approximate surface area is 159 Å². The Bertz CT molecular complexity index is 990. The van der Waals surface area contributed by atoms with E-state index in [-0.39, 0.29) is 18.8 Å². The van der Waals surface area contributed by atoms with Crippen molar-refractivity contribution in [3.8, 4) is 5.75 Å². The standard InChI is InChI=1S/C23H24O4/c1-4-16-9-10-18-12-17-7-5-6-8-20(17)22(21(18)11-16)26-14-19(13-24)27-23(25)15(2)3/h5-12,19,24H,2,4,13-14H2,1,3H3. The summed E-state index contributed by atoms with van der Waals surface area (Å²) in [6.45, 7) is 7.00. The first-order valence-electron chi connectivity index (χ1n) is 9.08. The van der Waals surface area contributed by atoms with Gasteiger partial charge in [0.15, 0.2) is 6.10 Å². The normalized spacial score (nSPS) is 12.1. The summed E-state index contributed by atoms with van der Waals surface area (Å²) in [5.74, 6) is 0.205. The number of carbonyl (C=O) groups excluding carboxylic acids is 1. The fourth-order valence-corrected chi connectivity index (χ4v) is 3.00. The summed E-state index contributed by atoms with van der Waals surface area (Å²) >= 11 is 0. The molecule has 3 aromatic rings. The Hall–Kier alpha value is -2.85. The number of aryl methyl sites for hydroxylation is 1. The molecule has 0 saturated carbocycles. The highest BCUT2D eigenvalue weighted by atomic mass is 16.6. The molecule has 4 nitrogen and oxygen atoms in total. The summed E-state index contributed by atoms with van der Waals surface area (Å²) in [5.41, 5.74) is 1.51. The fourth-order valence-electron chi connectivity index (χ4n) is 3.00. The third-order valence-electron chi connectivity index (χ3n) is 4.53. The van der Waals surface area contributed by atoms with Gasteiger partial charge in [0.1, 0.15) is 12.4 Å². The second-order valence-corrected chi connectivity index (χ2v) is 6.64. The Morgan fingerprint density at radius 3 is 2.56 bits per heavy atom. The van der Waals surface area contributed by atoms with E-state index in [2.05, 4.69) is 37.8 Å². The maximum Gasteiger partial charge on any atom is 0.333 e. The van der Waals surface area contributed by atoms with Crippen molar-refractivity contribution in [2.24, 2.45) is 0 Å². The van der Waals surface area contributed by atoms with E-state index in [9.17, 15) is 9.90 Å². The largest absolute Gasteiger partial charge is 0.488 e. The molecule has 0 bridgehead atoms. The molecule has 0 saturated heterocycles. The third-order valence-corrected chi connectivity index (χ3v) is 4.53. The van der Waals surface area contributed by atoms with Gasteiger partial charge in [-0.2, -0.15) is 0 Å². The molecule has 4 heteroatoms. The third kappa shape index (κ3) is 4.12. The summed E-state index contributed by atoms with van der Waals surface area (Å²) in [6.07, 6.45) is 0.176. The summed E-state index contributed by atoms with van der Waals surface area (Å²) < 4.78 is 11.3. The van der Waals surface area contributed by atoms with Crippen LogP contribution in [0.15, 0.2) is 60.7 Å². The van der Waals surface area contributed by atoms with Gasteiger partial charge in [0.05, 0.1) is 6.61 Å². The van der Waals surface area contributed by atoms with E-state index < -0.39 is 12.1 Å². The van der Waals surface area contributed by atoms with E-state index in [1.807, 2.05) is 24.3 Å². The number of carbonyl (C=O) groups is 1. The Balaban J connectivity index is 1.99. The van der Waals surface area contributed by atoms with Crippen molar-refractivity contribution in [3.63, 3.8) is 0 Å². The van der Waals surface area contributed by atoms with Gasteiger partial charge in [-0.15, -0.1) is 0 Å². The van der Waals surface area contributed by atoms with Crippen LogP contribution < -0.4 is 4.74 Å². The van der Waals surface area contributed by atoms with Crippen LogP contribution in [0.3, 0.4) is 0 Å². The van der Waals surface area contributed by atoms with Crippen LogP contribution in [0.4, 0.5) is 0 Å².